The highest BCUT2D eigenvalue weighted by Gasteiger charge is 2.08. The van der Waals surface area contributed by atoms with Crippen LogP contribution in [0.25, 0.3) is 0 Å². The van der Waals surface area contributed by atoms with Gasteiger partial charge in [0.15, 0.2) is 5.82 Å². The van der Waals surface area contributed by atoms with Crippen molar-refractivity contribution in [1.29, 1.82) is 0 Å². The Morgan fingerprint density at radius 2 is 2.05 bits per heavy atom. The summed E-state index contributed by atoms with van der Waals surface area (Å²) in [4.78, 5) is 12.2. The fourth-order valence-corrected chi connectivity index (χ4v) is 2.07. The van der Waals surface area contributed by atoms with E-state index in [9.17, 15) is 4.39 Å². The molecule has 118 valence electrons. The van der Waals surface area contributed by atoms with E-state index in [1.54, 1.807) is 6.92 Å². The third-order valence-electron chi connectivity index (χ3n) is 2.76. The molecule has 0 saturated carbocycles. The van der Waals surface area contributed by atoms with Crippen LogP contribution in [-0.2, 0) is 0 Å². The molecular formula is C14H15Cl2FN4O. The minimum atomic E-state index is -0.578. The van der Waals surface area contributed by atoms with Gasteiger partial charge in [-0.05, 0) is 26.3 Å². The molecule has 0 aromatic carbocycles. The topological polar surface area (TPSA) is 59.9 Å². The lowest BCUT2D eigenvalue weighted by atomic mass is 10.4. The van der Waals surface area contributed by atoms with Crippen LogP contribution in [-0.4, -0.2) is 28.1 Å². The summed E-state index contributed by atoms with van der Waals surface area (Å²) in [6.07, 6.45) is 1.96. The fraction of sp³-hybridized carbons (Fsp3) is 0.357. The monoisotopic (exact) mass is 344 g/mol. The van der Waals surface area contributed by atoms with Gasteiger partial charge in [-0.3, -0.25) is 0 Å². The SMILES string of the molecule is Cc1nc(C)c(Cl)c(NCCCOc2ncc(Cl)cc2F)n1. The first-order chi connectivity index (χ1) is 10.5. The molecule has 0 saturated heterocycles. The van der Waals surface area contributed by atoms with Crippen molar-refractivity contribution in [3.8, 4) is 5.88 Å². The van der Waals surface area contributed by atoms with E-state index in [4.69, 9.17) is 27.9 Å². The molecule has 2 heterocycles. The summed E-state index contributed by atoms with van der Waals surface area (Å²) in [7, 11) is 0. The summed E-state index contributed by atoms with van der Waals surface area (Å²) in [5.74, 6) is 0.595. The Bertz CT molecular complexity index is 670. The van der Waals surface area contributed by atoms with E-state index in [1.165, 1.54) is 6.20 Å². The maximum absolute atomic E-state index is 13.4. The Morgan fingerprint density at radius 1 is 1.27 bits per heavy atom. The Kier molecular flexibility index (Phi) is 5.74. The number of ether oxygens (including phenoxy) is 1. The van der Waals surface area contributed by atoms with Gasteiger partial charge in [0, 0.05) is 12.7 Å². The Labute approximate surface area is 137 Å². The van der Waals surface area contributed by atoms with Crippen LogP contribution in [0.5, 0.6) is 5.88 Å². The first kappa shape index (κ1) is 16.7. The zero-order valence-corrected chi connectivity index (χ0v) is 13.7. The number of rotatable bonds is 6. The molecule has 0 aliphatic heterocycles. The van der Waals surface area contributed by atoms with Crippen molar-refractivity contribution in [1.82, 2.24) is 15.0 Å². The standard InChI is InChI=1S/C14H15Cl2FN4O/c1-8-12(16)13(21-9(2)20-8)18-4-3-5-22-14-11(17)6-10(15)7-19-14/h6-7H,3-5H2,1-2H3,(H,18,20,21). The first-order valence-electron chi connectivity index (χ1n) is 6.66. The second kappa shape index (κ2) is 7.56. The summed E-state index contributed by atoms with van der Waals surface area (Å²) in [6, 6.07) is 1.16. The summed E-state index contributed by atoms with van der Waals surface area (Å²) >= 11 is 11.7. The second-order valence-electron chi connectivity index (χ2n) is 4.59. The largest absolute Gasteiger partial charge is 0.476 e. The molecule has 22 heavy (non-hydrogen) atoms. The lowest BCUT2D eigenvalue weighted by Crippen LogP contribution is -2.11. The molecule has 0 spiro atoms. The van der Waals surface area contributed by atoms with Gasteiger partial charge in [-0.2, -0.15) is 0 Å². The van der Waals surface area contributed by atoms with Crippen molar-refractivity contribution in [2.45, 2.75) is 20.3 Å². The van der Waals surface area contributed by atoms with Crippen molar-refractivity contribution in [3.63, 3.8) is 0 Å². The van der Waals surface area contributed by atoms with Gasteiger partial charge in [0.05, 0.1) is 17.3 Å². The number of hydrogen-bond acceptors (Lipinski definition) is 5. The minimum Gasteiger partial charge on any atom is -0.476 e. The molecule has 2 aromatic rings. The molecule has 0 aliphatic carbocycles. The number of pyridine rings is 1. The third kappa shape index (κ3) is 4.42. The summed E-state index contributed by atoms with van der Waals surface area (Å²) in [5.41, 5.74) is 0.723. The van der Waals surface area contributed by atoms with Crippen LogP contribution in [0, 0.1) is 19.7 Å². The summed E-state index contributed by atoms with van der Waals surface area (Å²) < 4.78 is 18.7. The maximum atomic E-state index is 13.4. The normalized spacial score (nSPS) is 10.6. The van der Waals surface area contributed by atoms with Crippen LogP contribution in [0.2, 0.25) is 10.0 Å². The highest BCUT2D eigenvalue weighted by Crippen LogP contribution is 2.22. The number of hydrogen-bond donors (Lipinski definition) is 1. The molecule has 0 atom stereocenters. The van der Waals surface area contributed by atoms with Gasteiger partial charge in [-0.15, -0.1) is 0 Å². The zero-order valence-electron chi connectivity index (χ0n) is 12.2. The van der Waals surface area contributed by atoms with Gasteiger partial charge in [0.25, 0.3) is 0 Å². The molecule has 0 radical (unpaired) electrons. The third-order valence-corrected chi connectivity index (χ3v) is 3.41. The van der Waals surface area contributed by atoms with Gasteiger partial charge in [0.1, 0.15) is 16.7 Å². The van der Waals surface area contributed by atoms with Crippen molar-refractivity contribution < 1.29 is 9.13 Å². The van der Waals surface area contributed by atoms with E-state index in [0.29, 0.717) is 36.2 Å². The quantitative estimate of drug-likeness (QED) is 0.807. The molecule has 0 amide bonds. The van der Waals surface area contributed by atoms with E-state index in [0.717, 1.165) is 11.8 Å². The molecule has 5 nitrogen and oxygen atoms in total. The maximum Gasteiger partial charge on any atom is 0.250 e. The number of aryl methyl sites for hydroxylation is 2. The molecule has 0 aliphatic rings. The van der Waals surface area contributed by atoms with Crippen molar-refractivity contribution in [3.05, 3.63) is 39.6 Å². The molecular weight excluding hydrogens is 330 g/mol. The van der Waals surface area contributed by atoms with Crippen LogP contribution >= 0.6 is 23.2 Å². The van der Waals surface area contributed by atoms with Crippen LogP contribution in [0.15, 0.2) is 12.3 Å². The number of nitrogens with one attached hydrogen (secondary N) is 1. The predicted molar refractivity (Wildman–Crippen MR) is 84.3 cm³/mol. The van der Waals surface area contributed by atoms with Gasteiger partial charge in [-0.25, -0.2) is 19.3 Å². The van der Waals surface area contributed by atoms with Gasteiger partial charge < -0.3 is 10.1 Å². The highest BCUT2D eigenvalue weighted by molar-refractivity contribution is 6.33. The number of nitrogens with zero attached hydrogens (tertiary/aromatic N) is 3. The van der Waals surface area contributed by atoms with Gasteiger partial charge in [-0.1, -0.05) is 23.2 Å². The van der Waals surface area contributed by atoms with E-state index in [2.05, 4.69) is 20.3 Å². The number of anilines is 1. The molecule has 2 rings (SSSR count). The molecule has 0 bridgehead atoms. The number of halogens is 3. The van der Waals surface area contributed by atoms with Crippen molar-refractivity contribution in [2.75, 3.05) is 18.5 Å². The average Bonchev–Trinajstić information content (AvgIpc) is 2.45. The smallest absolute Gasteiger partial charge is 0.250 e. The van der Waals surface area contributed by atoms with Gasteiger partial charge in [0.2, 0.25) is 5.88 Å². The minimum absolute atomic E-state index is 0.0591. The predicted octanol–water partition coefficient (Wildman–Crippen LogP) is 3.82. The highest BCUT2D eigenvalue weighted by atomic mass is 35.5. The molecule has 1 N–H and O–H groups in total. The molecule has 2 aromatic heterocycles. The lowest BCUT2D eigenvalue weighted by molar-refractivity contribution is 0.286. The van der Waals surface area contributed by atoms with Crippen molar-refractivity contribution in [2.24, 2.45) is 0 Å². The van der Waals surface area contributed by atoms with E-state index in [-0.39, 0.29) is 10.9 Å². The van der Waals surface area contributed by atoms with E-state index < -0.39 is 5.82 Å². The van der Waals surface area contributed by atoms with Crippen LogP contribution in [0.4, 0.5) is 10.2 Å². The first-order valence-corrected chi connectivity index (χ1v) is 7.41. The number of aromatic nitrogens is 3. The van der Waals surface area contributed by atoms with Crippen LogP contribution in [0.3, 0.4) is 0 Å². The second-order valence-corrected chi connectivity index (χ2v) is 5.40. The lowest BCUT2D eigenvalue weighted by Gasteiger charge is -2.10. The zero-order chi connectivity index (χ0) is 16.1. The summed E-state index contributed by atoms with van der Waals surface area (Å²) in [5, 5.41) is 3.84. The summed E-state index contributed by atoms with van der Waals surface area (Å²) in [6.45, 7) is 4.50. The van der Waals surface area contributed by atoms with Gasteiger partial charge >= 0.3 is 0 Å². The Morgan fingerprint density at radius 3 is 2.77 bits per heavy atom. The Balaban J connectivity index is 1.80. The molecule has 0 unspecified atom stereocenters. The van der Waals surface area contributed by atoms with Crippen LogP contribution < -0.4 is 10.1 Å². The van der Waals surface area contributed by atoms with Crippen molar-refractivity contribution >= 4 is 29.0 Å². The molecule has 0 fully saturated rings. The van der Waals surface area contributed by atoms with Crippen LogP contribution in [0.1, 0.15) is 17.9 Å². The van der Waals surface area contributed by atoms with E-state index >= 15 is 0 Å². The van der Waals surface area contributed by atoms with E-state index in [1.807, 2.05) is 6.92 Å². The average molecular weight is 345 g/mol. The molecule has 8 heteroatoms. The fourth-order valence-electron chi connectivity index (χ4n) is 1.77. The Hall–Kier alpha value is -1.66.